The molecule has 1 heterocycles. The largest absolute Gasteiger partial charge is 0.326 e. The lowest BCUT2D eigenvalue weighted by Gasteiger charge is -2.36. The van der Waals surface area contributed by atoms with Crippen molar-refractivity contribution < 1.29 is 12.8 Å². The zero-order chi connectivity index (χ0) is 14.9. The van der Waals surface area contributed by atoms with Gasteiger partial charge in [-0.3, -0.25) is 0 Å². The van der Waals surface area contributed by atoms with Crippen molar-refractivity contribution in [2.45, 2.75) is 36.6 Å². The molecule has 0 aromatic heterocycles. The molecule has 1 saturated heterocycles. The van der Waals surface area contributed by atoms with E-state index in [0.717, 1.165) is 5.75 Å². The molecule has 1 aromatic rings. The Morgan fingerprint density at radius 3 is 2.80 bits per heavy atom. The minimum atomic E-state index is -3.60. The van der Waals surface area contributed by atoms with Crippen LogP contribution in [0.1, 0.15) is 19.4 Å². The SMILES string of the molecule is CC1SCCN(S(=O)(=O)c2ccc(F)c(CN)c2)C1C. The van der Waals surface area contributed by atoms with Crippen LogP contribution in [0.5, 0.6) is 0 Å². The smallest absolute Gasteiger partial charge is 0.243 e. The van der Waals surface area contributed by atoms with E-state index < -0.39 is 15.8 Å². The lowest BCUT2D eigenvalue weighted by Crippen LogP contribution is -2.47. The molecule has 0 saturated carbocycles. The summed E-state index contributed by atoms with van der Waals surface area (Å²) in [6.07, 6.45) is 0. The van der Waals surface area contributed by atoms with Crippen LogP contribution in [-0.2, 0) is 16.6 Å². The first-order valence-electron chi connectivity index (χ1n) is 6.50. The molecular formula is C13H19FN2O2S2. The van der Waals surface area contributed by atoms with Crippen molar-refractivity contribution in [3.05, 3.63) is 29.6 Å². The predicted octanol–water partition coefficient (Wildman–Crippen LogP) is 1.80. The Kier molecular flexibility index (Phi) is 4.73. The van der Waals surface area contributed by atoms with Gasteiger partial charge in [-0.2, -0.15) is 16.1 Å². The van der Waals surface area contributed by atoms with Gasteiger partial charge < -0.3 is 5.73 Å². The van der Waals surface area contributed by atoms with Gasteiger partial charge in [0, 0.05) is 35.7 Å². The van der Waals surface area contributed by atoms with E-state index >= 15 is 0 Å². The molecule has 0 amide bonds. The second kappa shape index (κ2) is 6.01. The zero-order valence-corrected chi connectivity index (χ0v) is 13.2. The topological polar surface area (TPSA) is 63.4 Å². The number of thioether (sulfide) groups is 1. The van der Waals surface area contributed by atoms with E-state index in [2.05, 4.69) is 0 Å². The first-order chi connectivity index (χ1) is 9.37. The number of hydrogen-bond acceptors (Lipinski definition) is 4. The molecule has 1 aliphatic heterocycles. The van der Waals surface area contributed by atoms with Gasteiger partial charge >= 0.3 is 0 Å². The first kappa shape index (κ1) is 15.8. The van der Waals surface area contributed by atoms with Crippen LogP contribution in [-0.4, -0.2) is 36.3 Å². The third-order valence-electron chi connectivity index (χ3n) is 3.67. The highest BCUT2D eigenvalue weighted by atomic mass is 32.2. The number of nitrogens with two attached hydrogens (primary N) is 1. The fourth-order valence-corrected chi connectivity index (χ4v) is 5.29. The summed E-state index contributed by atoms with van der Waals surface area (Å²) >= 11 is 1.77. The number of nitrogens with zero attached hydrogens (tertiary/aromatic N) is 1. The molecule has 2 rings (SSSR count). The number of rotatable bonds is 3. The Hall–Kier alpha value is -0.630. The number of hydrogen-bond donors (Lipinski definition) is 1. The van der Waals surface area contributed by atoms with Gasteiger partial charge in [0.25, 0.3) is 0 Å². The summed E-state index contributed by atoms with van der Waals surface area (Å²) in [4.78, 5) is 0.116. The zero-order valence-electron chi connectivity index (χ0n) is 11.5. The number of benzene rings is 1. The average Bonchev–Trinajstić information content (AvgIpc) is 2.42. The molecule has 0 radical (unpaired) electrons. The molecule has 2 unspecified atom stereocenters. The summed E-state index contributed by atoms with van der Waals surface area (Å²) in [5.74, 6) is 0.303. The fraction of sp³-hybridized carbons (Fsp3) is 0.538. The molecular weight excluding hydrogens is 299 g/mol. The summed E-state index contributed by atoms with van der Waals surface area (Å²) < 4.78 is 40.3. The monoisotopic (exact) mass is 318 g/mol. The molecule has 1 aromatic carbocycles. The Morgan fingerprint density at radius 1 is 1.45 bits per heavy atom. The standard InChI is InChI=1S/C13H19FN2O2S2/c1-9-10(2)19-6-5-16(9)20(17,18)12-3-4-13(14)11(7-12)8-15/h3-4,7,9-10H,5-6,8,15H2,1-2H3. The van der Waals surface area contributed by atoms with Crippen LogP contribution in [0.3, 0.4) is 0 Å². The van der Waals surface area contributed by atoms with Gasteiger partial charge in [-0.1, -0.05) is 6.92 Å². The van der Waals surface area contributed by atoms with Gasteiger partial charge in [-0.05, 0) is 25.1 Å². The summed E-state index contributed by atoms with van der Waals surface area (Å²) in [5.41, 5.74) is 5.66. The molecule has 2 N–H and O–H groups in total. The van der Waals surface area contributed by atoms with Crippen LogP contribution in [0.25, 0.3) is 0 Å². The summed E-state index contributed by atoms with van der Waals surface area (Å²) in [7, 11) is -3.60. The lowest BCUT2D eigenvalue weighted by molar-refractivity contribution is 0.340. The maximum atomic E-state index is 13.4. The minimum Gasteiger partial charge on any atom is -0.326 e. The van der Waals surface area contributed by atoms with Gasteiger partial charge in [0.15, 0.2) is 0 Å². The second-order valence-corrected chi connectivity index (χ2v) is 8.27. The van der Waals surface area contributed by atoms with E-state index in [1.54, 1.807) is 11.8 Å². The summed E-state index contributed by atoms with van der Waals surface area (Å²) in [6, 6.07) is 3.74. The van der Waals surface area contributed by atoms with Crippen LogP contribution in [0.4, 0.5) is 4.39 Å². The maximum absolute atomic E-state index is 13.4. The Morgan fingerprint density at radius 2 is 2.15 bits per heavy atom. The van der Waals surface area contributed by atoms with Crippen molar-refractivity contribution in [3.63, 3.8) is 0 Å². The van der Waals surface area contributed by atoms with Crippen LogP contribution in [0.2, 0.25) is 0 Å². The molecule has 0 spiro atoms. The van der Waals surface area contributed by atoms with Gasteiger partial charge in [0.2, 0.25) is 10.0 Å². The van der Waals surface area contributed by atoms with Gasteiger partial charge in [-0.25, -0.2) is 12.8 Å². The van der Waals surface area contributed by atoms with Crippen molar-refractivity contribution in [3.8, 4) is 0 Å². The van der Waals surface area contributed by atoms with Crippen LogP contribution in [0.15, 0.2) is 23.1 Å². The molecule has 0 aliphatic carbocycles. The maximum Gasteiger partial charge on any atom is 0.243 e. The van der Waals surface area contributed by atoms with E-state index in [1.807, 2.05) is 13.8 Å². The van der Waals surface area contributed by atoms with Gasteiger partial charge in [0.05, 0.1) is 4.90 Å². The van der Waals surface area contributed by atoms with Crippen LogP contribution >= 0.6 is 11.8 Å². The molecule has 20 heavy (non-hydrogen) atoms. The predicted molar refractivity (Wildman–Crippen MR) is 79.6 cm³/mol. The van der Waals surface area contributed by atoms with E-state index in [0.29, 0.717) is 6.54 Å². The third-order valence-corrected chi connectivity index (χ3v) is 6.99. The Bertz CT molecular complexity index is 592. The Labute approximate surface area is 123 Å². The van der Waals surface area contributed by atoms with Crippen LogP contribution in [0, 0.1) is 5.82 Å². The van der Waals surface area contributed by atoms with E-state index in [4.69, 9.17) is 5.73 Å². The third kappa shape index (κ3) is 2.86. The van der Waals surface area contributed by atoms with Crippen molar-refractivity contribution >= 4 is 21.8 Å². The molecule has 2 atom stereocenters. The second-order valence-electron chi connectivity index (χ2n) is 4.89. The molecule has 7 heteroatoms. The van der Waals surface area contributed by atoms with E-state index in [1.165, 1.54) is 22.5 Å². The number of sulfonamides is 1. The van der Waals surface area contributed by atoms with Gasteiger partial charge in [-0.15, -0.1) is 0 Å². The summed E-state index contributed by atoms with van der Waals surface area (Å²) in [5, 5.41) is 0.243. The summed E-state index contributed by atoms with van der Waals surface area (Å²) in [6.45, 7) is 4.39. The average molecular weight is 318 g/mol. The fourth-order valence-electron chi connectivity index (χ4n) is 2.25. The quantitative estimate of drug-likeness (QED) is 0.923. The van der Waals surface area contributed by atoms with Crippen molar-refractivity contribution in [2.75, 3.05) is 12.3 Å². The van der Waals surface area contributed by atoms with E-state index in [9.17, 15) is 12.8 Å². The molecule has 0 bridgehead atoms. The molecule has 1 aliphatic rings. The lowest BCUT2D eigenvalue weighted by atomic mass is 10.2. The minimum absolute atomic E-state index is 0.0169. The van der Waals surface area contributed by atoms with Crippen molar-refractivity contribution in [1.82, 2.24) is 4.31 Å². The van der Waals surface area contributed by atoms with Crippen molar-refractivity contribution in [2.24, 2.45) is 5.73 Å². The van der Waals surface area contributed by atoms with E-state index in [-0.39, 0.29) is 28.3 Å². The molecule has 112 valence electrons. The van der Waals surface area contributed by atoms with Gasteiger partial charge in [0.1, 0.15) is 5.82 Å². The van der Waals surface area contributed by atoms with Crippen molar-refractivity contribution in [1.29, 1.82) is 0 Å². The van der Waals surface area contributed by atoms with Crippen LogP contribution < -0.4 is 5.73 Å². The normalized spacial score (nSPS) is 24.8. The molecule has 4 nitrogen and oxygen atoms in total. The highest BCUT2D eigenvalue weighted by molar-refractivity contribution is 8.00. The number of halogens is 1. The first-order valence-corrected chi connectivity index (χ1v) is 8.98. The Balaban J connectivity index is 2.39. The molecule has 1 fully saturated rings. The highest BCUT2D eigenvalue weighted by Gasteiger charge is 2.35. The highest BCUT2D eigenvalue weighted by Crippen LogP contribution is 2.29.